The maximum atomic E-state index is 10.5. The summed E-state index contributed by atoms with van der Waals surface area (Å²) in [5, 5.41) is 11.5. The molecule has 3 nitrogen and oxygen atoms in total. The van der Waals surface area contributed by atoms with E-state index in [-0.39, 0.29) is 10.6 Å². The molecule has 17 heavy (non-hydrogen) atoms. The molecule has 4 heteroatoms. The Hall–Kier alpha value is -1.64. The summed E-state index contributed by atoms with van der Waals surface area (Å²) in [5.74, 6) is 0. The van der Waals surface area contributed by atoms with Crippen LogP contribution in [0.15, 0.2) is 54.6 Å². The number of benzene rings is 2. The first-order chi connectivity index (χ1) is 8.25. The van der Waals surface area contributed by atoms with Crippen LogP contribution < -0.4 is 4.46 Å². The molecule has 0 aliphatic carbocycles. The van der Waals surface area contributed by atoms with E-state index in [4.69, 9.17) is 0 Å². The average Bonchev–Trinajstić information content (AvgIpc) is 2.38. The van der Waals surface area contributed by atoms with Gasteiger partial charge in [0.05, 0.1) is 0 Å². The SMILES string of the molecule is O=[N+]([O-])c1ccc(C[Se]c2ccccc2)cc1. The van der Waals surface area contributed by atoms with Crippen molar-refractivity contribution in [2.24, 2.45) is 0 Å². The van der Waals surface area contributed by atoms with Crippen LogP contribution in [0.2, 0.25) is 0 Å². The molecule has 0 amide bonds. The molecule has 0 saturated heterocycles. The number of hydrogen-bond donors (Lipinski definition) is 0. The van der Waals surface area contributed by atoms with Crippen molar-refractivity contribution in [3.8, 4) is 0 Å². The van der Waals surface area contributed by atoms with Crippen molar-refractivity contribution in [2.75, 3.05) is 0 Å². The summed E-state index contributed by atoms with van der Waals surface area (Å²) < 4.78 is 1.35. The second kappa shape index (κ2) is 5.62. The second-order valence-corrected chi connectivity index (χ2v) is 5.73. The molecular formula is C13H11NO2Se. The number of nitro benzene ring substituents is 1. The Kier molecular flexibility index (Phi) is 3.91. The summed E-state index contributed by atoms with van der Waals surface area (Å²) in [6.07, 6.45) is 0. The van der Waals surface area contributed by atoms with E-state index in [2.05, 4.69) is 12.1 Å². The van der Waals surface area contributed by atoms with Gasteiger partial charge in [0, 0.05) is 0 Å². The van der Waals surface area contributed by atoms with Crippen LogP contribution in [0.4, 0.5) is 5.69 Å². The van der Waals surface area contributed by atoms with Gasteiger partial charge < -0.3 is 0 Å². The summed E-state index contributed by atoms with van der Waals surface area (Å²) in [6.45, 7) is 0. The van der Waals surface area contributed by atoms with Crippen LogP contribution in [-0.4, -0.2) is 19.9 Å². The number of nitro groups is 1. The molecule has 0 aliphatic heterocycles. The van der Waals surface area contributed by atoms with Gasteiger partial charge in [-0.2, -0.15) is 0 Å². The Bertz CT molecular complexity index is 497. The molecule has 0 atom stereocenters. The van der Waals surface area contributed by atoms with E-state index in [9.17, 15) is 10.1 Å². The van der Waals surface area contributed by atoms with Crippen molar-refractivity contribution in [1.82, 2.24) is 0 Å². The van der Waals surface area contributed by atoms with Crippen molar-refractivity contribution >= 4 is 25.1 Å². The minimum absolute atomic E-state index is 0.154. The first-order valence-electron chi connectivity index (χ1n) is 5.17. The van der Waals surface area contributed by atoms with Crippen molar-refractivity contribution < 1.29 is 4.92 Å². The zero-order chi connectivity index (χ0) is 12.1. The van der Waals surface area contributed by atoms with Crippen LogP contribution in [-0.2, 0) is 5.32 Å². The van der Waals surface area contributed by atoms with Crippen LogP contribution in [0, 0.1) is 10.1 Å². The van der Waals surface area contributed by atoms with E-state index in [1.807, 2.05) is 30.3 Å². The summed E-state index contributed by atoms with van der Waals surface area (Å²) in [5.41, 5.74) is 1.31. The van der Waals surface area contributed by atoms with Crippen molar-refractivity contribution in [3.05, 3.63) is 70.3 Å². The molecule has 0 N–H and O–H groups in total. The molecule has 0 bridgehead atoms. The number of rotatable bonds is 4. The third-order valence-corrected chi connectivity index (χ3v) is 4.57. The predicted octanol–water partition coefficient (Wildman–Crippen LogP) is 2.12. The van der Waals surface area contributed by atoms with Gasteiger partial charge in [0.25, 0.3) is 0 Å². The molecule has 86 valence electrons. The van der Waals surface area contributed by atoms with Crippen LogP contribution in [0.25, 0.3) is 0 Å². The summed E-state index contributed by atoms with van der Waals surface area (Å²) in [6, 6.07) is 17.1. The van der Waals surface area contributed by atoms with Gasteiger partial charge >= 0.3 is 106 Å². The van der Waals surface area contributed by atoms with Crippen molar-refractivity contribution in [1.29, 1.82) is 0 Å². The third kappa shape index (κ3) is 3.41. The third-order valence-electron chi connectivity index (χ3n) is 2.30. The van der Waals surface area contributed by atoms with E-state index in [1.165, 1.54) is 4.46 Å². The van der Waals surface area contributed by atoms with Crippen LogP contribution in [0.3, 0.4) is 0 Å². The van der Waals surface area contributed by atoms with Crippen LogP contribution >= 0.6 is 0 Å². The van der Waals surface area contributed by atoms with E-state index >= 15 is 0 Å². The molecule has 0 spiro atoms. The Morgan fingerprint density at radius 2 is 1.65 bits per heavy atom. The minimum atomic E-state index is -0.369. The molecule has 0 aromatic heterocycles. The quantitative estimate of drug-likeness (QED) is 0.492. The van der Waals surface area contributed by atoms with E-state index < -0.39 is 0 Å². The average molecular weight is 292 g/mol. The van der Waals surface area contributed by atoms with Gasteiger partial charge in [-0.25, -0.2) is 0 Å². The Labute approximate surface area is 106 Å². The molecule has 0 heterocycles. The molecule has 0 fully saturated rings. The van der Waals surface area contributed by atoms with E-state index in [1.54, 1.807) is 12.1 Å². The van der Waals surface area contributed by atoms with E-state index in [0.717, 1.165) is 10.9 Å². The zero-order valence-corrected chi connectivity index (χ0v) is 10.8. The molecule has 2 aromatic carbocycles. The molecule has 0 aliphatic rings. The van der Waals surface area contributed by atoms with Crippen molar-refractivity contribution in [3.63, 3.8) is 0 Å². The Morgan fingerprint density at radius 3 is 2.24 bits per heavy atom. The standard InChI is InChI=1S/C13H11NO2Se/c15-14(16)12-8-6-11(7-9-12)10-17-13-4-2-1-3-5-13/h1-9H,10H2. The van der Waals surface area contributed by atoms with Gasteiger partial charge in [0.1, 0.15) is 0 Å². The van der Waals surface area contributed by atoms with Gasteiger partial charge in [-0.3, -0.25) is 0 Å². The summed E-state index contributed by atoms with van der Waals surface area (Å²) in [4.78, 5) is 10.1. The van der Waals surface area contributed by atoms with Gasteiger partial charge in [-0.1, -0.05) is 0 Å². The second-order valence-electron chi connectivity index (χ2n) is 3.53. The zero-order valence-electron chi connectivity index (χ0n) is 9.08. The Balaban J connectivity index is 1.98. The topological polar surface area (TPSA) is 43.1 Å². The molecule has 2 aromatic rings. The van der Waals surface area contributed by atoms with Crippen LogP contribution in [0.5, 0.6) is 0 Å². The summed E-state index contributed by atoms with van der Waals surface area (Å²) >= 11 is 0.386. The van der Waals surface area contributed by atoms with Crippen molar-refractivity contribution in [2.45, 2.75) is 5.32 Å². The maximum absolute atomic E-state index is 10.5. The van der Waals surface area contributed by atoms with E-state index in [0.29, 0.717) is 15.0 Å². The molecule has 0 radical (unpaired) electrons. The first kappa shape index (κ1) is 11.8. The fraction of sp³-hybridized carbons (Fsp3) is 0.0769. The molecule has 0 saturated carbocycles. The summed E-state index contributed by atoms with van der Waals surface area (Å²) in [7, 11) is 0. The first-order valence-corrected chi connectivity index (χ1v) is 7.24. The van der Waals surface area contributed by atoms with Gasteiger partial charge in [0.15, 0.2) is 0 Å². The molecule has 0 unspecified atom stereocenters. The Morgan fingerprint density at radius 1 is 1.00 bits per heavy atom. The van der Waals surface area contributed by atoms with Gasteiger partial charge in [0.2, 0.25) is 0 Å². The molecule has 2 rings (SSSR count). The van der Waals surface area contributed by atoms with Gasteiger partial charge in [-0.15, -0.1) is 0 Å². The van der Waals surface area contributed by atoms with Gasteiger partial charge in [-0.05, 0) is 0 Å². The number of nitrogens with zero attached hydrogens (tertiary/aromatic N) is 1. The fourth-order valence-corrected chi connectivity index (χ4v) is 3.23. The normalized spacial score (nSPS) is 10.1. The number of hydrogen-bond acceptors (Lipinski definition) is 2. The monoisotopic (exact) mass is 293 g/mol. The number of non-ortho nitro benzene ring substituents is 1. The predicted molar refractivity (Wildman–Crippen MR) is 68.6 cm³/mol. The fourth-order valence-electron chi connectivity index (χ4n) is 1.40. The molecular weight excluding hydrogens is 281 g/mol. The van der Waals surface area contributed by atoms with Crippen LogP contribution in [0.1, 0.15) is 5.56 Å².